The summed E-state index contributed by atoms with van der Waals surface area (Å²) in [6.07, 6.45) is 16.2. The first-order chi connectivity index (χ1) is 10.0. The molecule has 0 aromatic heterocycles. The highest BCUT2D eigenvalue weighted by atomic mass is 14.4. The molecule has 1 aliphatic carbocycles. The van der Waals surface area contributed by atoms with Crippen LogP contribution in [0.3, 0.4) is 0 Å². The van der Waals surface area contributed by atoms with E-state index in [2.05, 4.69) is 77.7 Å². The van der Waals surface area contributed by atoms with Crippen molar-refractivity contribution in [3.63, 3.8) is 0 Å². The van der Waals surface area contributed by atoms with E-state index in [0.717, 1.165) is 6.42 Å². The van der Waals surface area contributed by atoms with Crippen LogP contribution in [-0.2, 0) is 0 Å². The first-order valence-corrected chi connectivity index (χ1v) is 8.08. The maximum Gasteiger partial charge on any atom is 0.0158 e. The van der Waals surface area contributed by atoms with E-state index in [1.807, 2.05) is 19.9 Å². The van der Waals surface area contributed by atoms with Crippen LogP contribution in [0.5, 0.6) is 0 Å². The molecule has 0 saturated carbocycles. The number of allylic oxidation sites excluding steroid dienone is 11. The van der Waals surface area contributed by atoms with Crippen LogP contribution in [0.2, 0.25) is 0 Å². The lowest BCUT2D eigenvalue weighted by atomic mass is 9.80. The Labute approximate surface area is 132 Å². The van der Waals surface area contributed by atoms with Crippen molar-refractivity contribution < 1.29 is 0 Å². The third kappa shape index (κ3) is 4.20. The van der Waals surface area contributed by atoms with Crippen LogP contribution in [0.4, 0.5) is 0 Å². The third-order valence-electron chi connectivity index (χ3n) is 3.64. The molecule has 0 saturated heterocycles. The zero-order valence-electron chi connectivity index (χ0n) is 15.0. The maximum atomic E-state index is 3.86. The molecule has 0 atom stereocenters. The predicted octanol–water partition coefficient (Wildman–Crippen LogP) is 6.95. The molecular formula is C21H32. The topological polar surface area (TPSA) is 0 Å². The van der Waals surface area contributed by atoms with Gasteiger partial charge in [0.2, 0.25) is 0 Å². The van der Waals surface area contributed by atoms with Gasteiger partial charge < -0.3 is 0 Å². The van der Waals surface area contributed by atoms with Crippen molar-refractivity contribution in [2.24, 2.45) is 5.41 Å². The van der Waals surface area contributed by atoms with Gasteiger partial charge in [0, 0.05) is 5.41 Å². The van der Waals surface area contributed by atoms with E-state index in [1.165, 1.54) is 22.3 Å². The molecule has 0 aliphatic heterocycles. The largest absolute Gasteiger partial charge is 0.0991 e. The van der Waals surface area contributed by atoms with Crippen LogP contribution in [-0.4, -0.2) is 0 Å². The lowest BCUT2D eigenvalue weighted by molar-refractivity contribution is 0.578. The van der Waals surface area contributed by atoms with Crippen molar-refractivity contribution >= 4 is 0 Å². The van der Waals surface area contributed by atoms with Gasteiger partial charge in [0.05, 0.1) is 0 Å². The van der Waals surface area contributed by atoms with Crippen molar-refractivity contribution in [3.05, 3.63) is 71.4 Å². The van der Waals surface area contributed by atoms with Crippen LogP contribution in [0, 0.1) is 5.41 Å². The molecule has 0 aromatic carbocycles. The smallest absolute Gasteiger partial charge is 0.0158 e. The minimum atomic E-state index is 0.0382. The molecule has 116 valence electrons. The molecule has 21 heavy (non-hydrogen) atoms. The SMILES string of the molecule is C=C/C=C1\C(=C/C)C(/C=C\C)=C(/C=C\CC)C1(C)C.CC. The van der Waals surface area contributed by atoms with E-state index in [9.17, 15) is 0 Å². The first-order valence-electron chi connectivity index (χ1n) is 8.08. The van der Waals surface area contributed by atoms with Gasteiger partial charge in [0.15, 0.2) is 0 Å². The standard InChI is InChI=1S/C19H26.C2H6/c1-7-11-14-18-16(12-8-2)15(10-4)17(13-9-3)19(18,5)6;1-2/h8-14H,3,7H2,1-2,4-6H3;1-2H3/b12-8-,14-11-,15-10-,17-13+;. The van der Waals surface area contributed by atoms with Crippen LogP contribution < -0.4 is 0 Å². The summed E-state index contributed by atoms with van der Waals surface area (Å²) in [5, 5.41) is 0. The normalized spacial score (nSPS) is 21.5. The number of hydrogen-bond donors (Lipinski definition) is 0. The second-order valence-electron chi connectivity index (χ2n) is 5.28. The fourth-order valence-corrected chi connectivity index (χ4v) is 2.72. The fourth-order valence-electron chi connectivity index (χ4n) is 2.72. The van der Waals surface area contributed by atoms with E-state index >= 15 is 0 Å². The quantitative estimate of drug-likeness (QED) is 0.524. The van der Waals surface area contributed by atoms with Gasteiger partial charge in [-0.1, -0.05) is 83.7 Å². The highest BCUT2D eigenvalue weighted by Crippen LogP contribution is 2.50. The zero-order chi connectivity index (χ0) is 16.5. The van der Waals surface area contributed by atoms with Gasteiger partial charge in [0.1, 0.15) is 0 Å². The van der Waals surface area contributed by atoms with Gasteiger partial charge in [-0.05, 0) is 42.6 Å². The van der Waals surface area contributed by atoms with Crippen molar-refractivity contribution in [3.8, 4) is 0 Å². The van der Waals surface area contributed by atoms with E-state index in [-0.39, 0.29) is 5.41 Å². The summed E-state index contributed by atoms with van der Waals surface area (Å²) in [5.41, 5.74) is 5.46. The Balaban J connectivity index is 0.00000191. The van der Waals surface area contributed by atoms with Gasteiger partial charge in [-0.2, -0.15) is 0 Å². The van der Waals surface area contributed by atoms with E-state index in [1.54, 1.807) is 0 Å². The lowest BCUT2D eigenvalue weighted by Crippen LogP contribution is -2.12. The average molecular weight is 284 g/mol. The summed E-state index contributed by atoms with van der Waals surface area (Å²) in [6, 6.07) is 0. The summed E-state index contributed by atoms with van der Waals surface area (Å²) in [7, 11) is 0. The molecule has 0 aromatic rings. The molecule has 0 N–H and O–H groups in total. The first kappa shape index (κ1) is 19.4. The van der Waals surface area contributed by atoms with Crippen molar-refractivity contribution in [2.45, 2.75) is 54.9 Å². The molecule has 0 bridgehead atoms. The lowest BCUT2D eigenvalue weighted by Gasteiger charge is -2.23. The van der Waals surface area contributed by atoms with Gasteiger partial charge in [-0.25, -0.2) is 0 Å². The van der Waals surface area contributed by atoms with E-state index in [4.69, 9.17) is 0 Å². The van der Waals surface area contributed by atoms with E-state index in [0.29, 0.717) is 0 Å². The van der Waals surface area contributed by atoms with Gasteiger partial charge in [0.25, 0.3) is 0 Å². The molecule has 1 rings (SSSR count). The predicted molar refractivity (Wildman–Crippen MR) is 98.4 cm³/mol. The second-order valence-corrected chi connectivity index (χ2v) is 5.28. The summed E-state index contributed by atoms with van der Waals surface area (Å²) in [4.78, 5) is 0. The van der Waals surface area contributed by atoms with Crippen LogP contribution in [0.25, 0.3) is 0 Å². The minimum Gasteiger partial charge on any atom is -0.0991 e. The van der Waals surface area contributed by atoms with Crippen molar-refractivity contribution in [2.75, 3.05) is 0 Å². The van der Waals surface area contributed by atoms with Crippen molar-refractivity contribution in [1.29, 1.82) is 0 Å². The Bertz CT molecular complexity index is 488. The molecule has 0 spiro atoms. The average Bonchev–Trinajstić information content (AvgIpc) is 2.67. The summed E-state index contributed by atoms with van der Waals surface area (Å²) in [5.74, 6) is 0. The van der Waals surface area contributed by atoms with Crippen LogP contribution in [0.15, 0.2) is 71.4 Å². The zero-order valence-corrected chi connectivity index (χ0v) is 15.0. The van der Waals surface area contributed by atoms with Crippen LogP contribution in [0.1, 0.15) is 54.9 Å². The van der Waals surface area contributed by atoms with Gasteiger partial charge in [-0.15, -0.1) is 0 Å². The monoisotopic (exact) mass is 284 g/mol. The molecule has 0 amide bonds. The highest BCUT2D eigenvalue weighted by molar-refractivity contribution is 5.68. The minimum absolute atomic E-state index is 0.0382. The highest BCUT2D eigenvalue weighted by Gasteiger charge is 2.37. The summed E-state index contributed by atoms with van der Waals surface area (Å²) < 4.78 is 0. The molecule has 1 aliphatic rings. The Morgan fingerprint density at radius 1 is 1.10 bits per heavy atom. The Morgan fingerprint density at radius 3 is 2.14 bits per heavy atom. The fraction of sp³-hybridized carbons (Fsp3) is 0.429. The summed E-state index contributed by atoms with van der Waals surface area (Å²) >= 11 is 0. The Morgan fingerprint density at radius 2 is 1.71 bits per heavy atom. The molecule has 0 radical (unpaired) electrons. The van der Waals surface area contributed by atoms with Gasteiger partial charge >= 0.3 is 0 Å². The molecule has 0 unspecified atom stereocenters. The van der Waals surface area contributed by atoms with Crippen LogP contribution >= 0.6 is 0 Å². The van der Waals surface area contributed by atoms with Crippen molar-refractivity contribution in [1.82, 2.24) is 0 Å². The van der Waals surface area contributed by atoms with E-state index < -0.39 is 0 Å². The Hall–Kier alpha value is -1.56. The maximum absolute atomic E-state index is 3.86. The number of hydrogen-bond acceptors (Lipinski definition) is 0. The molecule has 0 nitrogen and oxygen atoms in total. The molecular weight excluding hydrogens is 252 g/mol. The Kier molecular flexibility index (Phi) is 8.69. The molecule has 0 fully saturated rings. The summed E-state index contributed by atoms with van der Waals surface area (Å²) in [6.45, 7) is 18.8. The third-order valence-corrected chi connectivity index (χ3v) is 3.64. The van der Waals surface area contributed by atoms with Gasteiger partial charge in [-0.3, -0.25) is 0 Å². The molecule has 0 heterocycles. The molecule has 0 heteroatoms. The number of rotatable bonds is 4. The second kappa shape index (κ2) is 9.39.